The van der Waals surface area contributed by atoms with Crippen LogP contribution in [0.3, 0.4) is 0 Å². The van der Waals surface area contributed by atoms with Gasteiger partial charge in [-0.2, -0.15) is 0 Å². The number of nitrogen functional groups attached to an aromatic ring is 1. The van der Waals surface area contributed by atoms with Crippen LogP contribution < -0.4 is 17.0 Å². The van der Waals surface area contributed by atoms with Crippen molar-refractivity contribution in [2.45, 2.75) is 6.42 Å². The van der Waals surface area contributed by atoms with Gasteiger partial charge in [0.15, 0.2) is 0 Å². The first kappa shape index (κ1) is 14.8. The Bertz CT molecular complexity index is 773. The summed E-state index contributed by atoms with van der Waals surface area (Å²) in [6.07, 6.45) is 2.23. The molecule has 110 valence electrons. The molecular weight excluding hydrogens is 268 g/mol. The zero-order valence-corrected chi connectivity index (χ0v) is 12.1. The molecule has 1 aromatic heterocycles. The standard InChI is InChI=1S/C15H18N4O2/c1-18-13(16)12(14(20)19(2)15(18)21)10-17-9-8-11-6-4-3-5-7-11/h3-7,10H,8-9,16H2,1-2H3. The summed E-state index contributed by atoms with van der Waals surface area (Å²) < 4.78 is 2.26. The van der Waals surface area contributed by atoms with Gasteiger partial charge in [0.25, 0.3) is 5.56 Å². The van der Waals surface area contributed by atoms with Crippen LogP contribution in [0.2, 0.25) is 0 Å². The highest BCUT2D eigenvalue weighted by Gasteiger charge is 2.10. The minimum absolute atomic E-state index is 0.131. The number of hydrogen-bond acceptors (Lipinski definition) is 4. The molecule has 6 heteroatoms. The van der Waals surface area contributed by atoms with Crippen molar-refractivity contribution in [3.05, 3.63) is 62.3 Å². The van der Waals surface area contributed by atoms with Crippen molar-refractivity contribution in [3.8, 4) is 0 Å². The Hall–Kier alpha value is -2.63. The Morgan fingerprint density at radius 1 is 1.14 bits per heavy atom. The number of rotatable bonds is 4. The molecule has 0 atom stereocenters. The number of aromatic nitrogens is 2. The van der Waals surface area contributed by atoms with Gasteiger partial charge in [-0.25, -0.2) is 4.79 Å². The Kier molecular flexibility index (Phi) is 4.37. The Morgan fingerprint density at radius 2 is 1.81 bits per heavy atom. The minimum Gasteiger partial charge on any atom is -0.384 e. The van der Waals surface area contributed by atoms with Crippen LogP contribution in [-0.2, 0) is 20.5 Å². The first-order valence-corrected chi connectivity index (χ1v) is 6.61. The minimum atomic E-state index is -0.445. The molecule has 0 aliphatic carbocycles. The second-order valence-electron chi connectivity index (χ2n) is 4.78. The van der Waals surface area contributed by atoms with E-state index in [1.54, 1.807) is 0 Å². The first-order valence-electron chi connectivity index (χ1n) is 6.61. The fraction of sp³-hybridized carbons (Fsp3) is 0.267. The van der Waals surface area contributed by atoms with Crippen molar-refractivity contribution in [3.63, 3.8) is 0 Å². The van der Waals surface area contributed by atoms with Crippen LogP contribution in [-0.4, -0.2) is 21.9 Å². The van der Waals surface area contributed by atoms with Crippen molar-refractivity contribution in [1.29, 1.82) is 0 Å². The van der Waals surface area contributed by atoms with Crippen LogP contribution in [0.25, 0.3) is 0 Å². The van der Waals surface area contributed by atoms with E-state index in [-0.39, 0.29) is 11.4 Å². The highest BCUT2D eigenvalue weighted by atomic mass is 16.2. The molecule has 0 fully saturated rings. The van der Waals surface area contributed by atoms with Gasteiger partial charge in [0, 0.05) is 26.9 Å². The summed E-state index contributed by atoms with van der Waals surface area (Å²) in [6, 6.07) is 9.95. The molecule has 0 unspecified atom stereocenters. The lowest BCUT2D eigenvalue weighted by molar-refractivity contribution is 0.692. The van der Waals surface area contributed by atoms with Crippen LogP contribution >= 0.6 is 0 Å². The van der Waals surface area contributed by atoms with Gasteiger partial charge in [-0.3, -0.25) is 18.9 Å². The number of nitrogens with two attached hydrogens (primary N) is 1. The molecular formula is C15H18N4O2. The van der Waals surface area contributed by atoms with Crippen molar-refractivity contribution in [2.24, 2.45) is 19.1 Å². The van der Waals surface area contributed by atoms with Gasteiger partial charge >= 0.3 is 5.69 Å². The van der Waals surface area contributed by atoms with E-state index in [9.17, 15) is 9.59 Å². The van der Waals surface area contributed by atoms with E-state index in [0.29, 0.717) is 6.54 Å². The van der Waals surface area contributed by atoms with E-state index in [4.69, 9.17) is 5.73 Å². The van der Waals surface area contributed by atoms with E-state index >= 15 is 0 Å². The average Bonchev–Trinajstić information content (AvgIpc) is 2.51. The molecule has 6 nitrogen and oxygen atoms in total. The fourth-order valence-electron chi connectivity index (χ4n) is 2.00. The predicted molar refractivity (Wildman–Crippen MR) is 83.9 cm³/mol. The summed E-state index contributed by atoms with van der Waals surface area (Å²) in [4.78, 5) is 27.9. The molecule has 0 aliphatic rings. The van der Waals surface area contributed by atoms with E-state index in [1.165, 1.54) is 30.4 Å². The van der Waals surface area contributed by atoms with E-state index < -0.39 is 11.2 Å². The molecule has 0 spiro atoms. The first-order chi connectivity index (χ1) is 10.0. The molecule has 0 radical (unpaired) electrons. The summed E-state index contributed by atoms with van der Waals surface area (Å²) in [5.41, 5.74) is 6.35. The lowest BCUT2D eigenvalue weighted by atomic mass is 10.1. The van der Waals surface area contributed by atoms with Crippen LogP contribution in [0.1, 0.15) is 11.1 Å². The maximum absolute atomic E-state index is 12.0. The van der Waals surface area contributed by atoms with Crippen molar-refractivity contribution < 1.29 is 0 Å². The molecule has 0 saturated carbocycles. The van der Waals surface area contributed by atoms with Gasteiger partial charge in [-0.1, -0.05) is 30.3 Å². The third-order valence-corrected chi connectivity index (χ3v) is 3.34. The second-order valence-corrected chi connectivity index (χ2v) is 4.78. The molecule has 1 heterocycles. The SMILES string of the molecule is Cn1c(N)c(C=NCCc2ccccc2)c(=O)n(C)c1=O. The maximum Gasteiger partial charge on any atom is 0.332 e. The Morgan fingerprint density at radius 3 is 2.48 bits per heavy atom. The summed E-state index contributed by atoms with van der Waals surface area (Å²) in [7, 11) is 2.95. The summed E-state index contributed by atoms with van der Waals surface area (Å²) in [6.45, 7) is 0.551. The van der Waals surface area contributed by atoms with Gasteiger partial charge in [0.2, 0.25) is 0 Å². The third kappa shape index (κ3) is 3.10. The highest BCUT2D eigenvalue weighted by molar-refractivity contribution is 5.85. The van der Waals surface area contributed by atoms with Gasteiger partial charge < -0.3 is 5.73 Å². The van der Waals surface area contributed by atoms with Gasteiger partial charge in [-0.15, -0.1) is 0 Å². The predicted octanol–water partition coefficient (Wildman–Crippen LogP) is 0.328. The molecule has 0 aliphatic heterocycles. The quantitative estimate of drug-likeness (QED) is 0.822. The summed E-state index contributed by atoms with van der Waals surface area (Å²) in [5, 5.41) is 0. The fourth-order valence-corrected chi connectivity index (χ4v) is 2.00. The lowest BCUT2D eigenvalue weighted by Gasteiger charge is -2.08. The van der Waals surface area contributed by atoms with Crippen molar-refractivity contribution >= 4 is 12.0 Å². The van der Waals surface area contributed by atoms with Gasteiger partial charge in [0.1, 0.15) is 5.82 Å². The molecule has 2 rings (SSSR count). The van der Waals surface area contributed by atoms with Gasteiger partial charge in [0.05, 0.1) is 5.56 Å². The largest absolute Gasteiger partial charge is 0.384 e. The highest BCUT2D eigenvalue weighted by Crippen LogP contribution is 2.01. The van der Waals surface area contributed by atoms with E-state index in [2.05, 4.69) is 4.99 Å². The average molecular weight is 286 g/mol. The molecule has 0 amide bonds. The van der Waals surface area contributed by atoms with Crippen LogP contribution in [0.4, 0.5) is 5.82 Å². The zero-order valence-electron chi connectivity index (χ0n) is 12.1. The number of hydrogen-bond donors (Lipinski definition) is 1. The third-order valence-electron chi connectivity index (χ3n) is 3.34. The molecule has 0 bridgehead atoms. The Balaban J connectivity index is 2.19. The molecule has 0 saturated heterocycles. The number of anilines is 1. The van der Waals surface area contributed by atoms with E-state index in [1.807, 2.05) is 30.3 Å². The normalized spacial score (nSPS) is 11.1. The maximum atomic E-state index is 12.0. The van der Waals surface area contributed by atoms with Crippen LogP contribution in [0.15, 0.2) is 44.9 Å². The number of benzene rings is 1. The number of aliphatic imine (C=N–C) groups is 1. The second kappa shape index (κ2) is 6.21. The summed E-state index contributed by atoms with van der Waals surface area (Å²) in [5.74, 6) is 0.131. The Labute approximate surface area is 122 Å². The van der Waals surface area contributed by atoms with E-state index in [0.717, 1.165) is 11.0 Å². The molecule has 21 heavy (non-hydrogen) atoms. The lowest BCUT2D eigenvalue weighted by Crippen LogP contribution is -2.40. The molecule has 2 N–H and O–H groups in total. The van der Waals surface area contributed by atoms with Gasteiger partial charge in [-0.05, 0) is 12.0 Å². The van der Waals surface area contributed by atoms with Crippen LogP contribution in [0, 0.1) is 0 Å². The topological polar surface area (TPSA) is 82.4 Å². The van der Waals surface area contributed by atoms with Crippen molar-refractivity contribution in [2.75, 3.05) is 12.3 Å². The monoisotopic (exact) mass is 286 g/mol. The number of nitrogens with zero attached hydrogens (tertiary/aromatic N) is 3. The smallest absolute Gasteiger partial charge is 0.332 e. The van der Waals surface area contributed by atoms with Crippen molar-refractivity contribution in [1.82, 2.24) is 9.13 Å². The zero-order chi connectivity index (χ0) is 15.4. The summed E-state index contributed by atoms with van der Waals surface area (Å²) >= 11 is 0. The van der Waals surface area contributed by atoms with Crippen LogP contribution in [0.5, 0.6) is 0 Å². The molecule has 2 aromatic rings. The molecule has 1 aromatic carbocycles.